The number of anilines is 1. The predicted molar refractivity (Wildman–Crippen MR) is 107 cm³/mol. The molecule has 0 spiro atoms. The zero-order valence-corrected chi connectivity index (χ0v) is 16.3. The smallest absolute Gasteiger partial charge is 0.274 e. The third kappa shape index (κ3) is 3.21. The minimum absolute atomic E-state index is 0.0252. The fourth-order valence-corrected chi connectivity index (χ4v) is 3.46. The first-order chi connectivity index (χ1) is 14.3. The minimum Gasteiger partial charge on any atom is -0.390 e. The maximum atomic E-state index is 13.3. The van der Waals surface area contributed by atoms with Crippen molar-refractivity contribution >= 4 is 23.1 Å². The number of amides is 1. The summed E-state index contributed by atoms with van der Waals surface area (Å²) in [5.74, 6) is -3.98. The molecule has 7 nitrogen and oxygen atoms in total. The van der Waals surface area contributed by atoms with Gasteiger partial charge in [-0.25, -0.2) is 18.8 Å². The Hall–Kier alpha value is -3.33. The molecular weight excluding hydrogens is 392 g/mol. The minimum atomic E-state index is -2.74. The first-order valence-corrected chi connectivity index (χ1v) is 9.55. The van der Waals surface area contributed by atoms with Gasteiger partial charge in [0.2, 0.25) is 5.90 Å². The van der Waals surface area contributed by atoms with Crippen molar-refractivity contribution in [2.75, 3.05) is 5.32 Å². The van der Waals surface area contributed by atoms with Gasteiger partial charge in [-0.1, -0.05) is 12.1 Å². The average Bonchev–Trinajstić information content (AvgIpc) is 3.07. The topological polar surface area (TPSA) is 80.0 Å². The largest absolute Gasteiger partial charge is 0.390 e. The van der Waals surface area contributed by atoms with E-state index in [1.807, 2.05) is 38.1 Å². The number of aromatic nitrogens is 2. The van der Waals surface area contributed by atoms with Crippen molar-refractivity contribution in [3.05, 3.63) is 65.1 Å². The molecule has 1 aromatic carbocycles. The average molecular weight is 411 g/mol. The standard InChI is InChI=1S/C21H19F2N5O2/c1-11-5-6-28-16(10-24-17(28)7-11)19(29)25-15-8-13(4-3-12(15)2)18-26-20(30-27-18)14-9-21(14,22)23/h3-8,10,14,18,27H,9H2,1-2H3,(H,25,29). The Kier molecular flexibility index (Phi) is 4.11. The molecule has 2 N–H and O–H groups in total. The zero-order chi connectivity index (χ0) is 21.0. The molecule has 3 heterocycles. The SMILES string of the molecule is Cc1ccn2c(C(=O)Nc3cc(C4N=C(C5CC5(F)F)ON4)ccc3C)cnc2c1. The molecule has 0 saturated heterocycles. The van der Waals surface area contributed by atoms with Crippen LogP contribution in [0.4, 0.5) is 14.5 Å². The molecule has 2 atom stereocenters. The van der Waals surface area contributed by atoms with Crippen LogP contribution < -0.4 is 10.8 Å². The summed E-state index contributed by atoms with van der Waals surface area (Å²) in [7, 11) is 0. The van der Waals surface area contributed by atoms with Crippen molar-refractivity contribution < 1.29 is 18.4 Å². The van der Waals surface area contributed by atoms with E-state index in [0.717, 1.165) is 11.1 Å². The van der Waals surface area contributed by atoms with Crippen LogP contribution in [-0.2, 0) is 4.84 Å². The zero-order valence-electron chi connectivity index (χ0n) is 16.3. The first kappa shape index (κ1) is 18.7. The van der Waals surface area contributed by atoms with Crippen LogP contribution in [0.25, 0.3) is 5.65 Å². The summed E-state index contributed by atoms with van der Waals surface area (Å²) < 4.78 is 28.2. The Balaban J connectivity index is 1.38. The van der Waals surface area contributed by atoms with Crippen LogP contribution in [0.15, 0.2) is 47.7 Å². The lowest BCUT2D eigenvalue weighted by atomic mass is 10.1. The molecule has 0 radical (unpaired) electrons. The molecule has 2 unspecified atom stereocenters. The second-order valence-corrected chi connectivity index (χ2v) is 7.71. The number of carbonyl (C=O) groups excluding carboxylic acids is 1. The highest BCUT2D eigenvalue weighted by atomic mass is 19.3. The van der Waals surface area contributed by atoms with Gasteiger partial charge in [0, 0.05) is 18.3 Å². The summed E-state index contributed by atoms with van der Waals surface area (Å²) in [4.78, 5) is 26.6. The van der Waals surface area contributed by atoms with E-state index in [1.54, 1.807) is 16.7 Å². The predicted octanol–water partition coefficient (Wildman–Crippen LogP) is 3.79. The van der Waals surface area contributed by atoms with Crippen molar-refractivity contribution in [3.63, 3.8) is 0 Å². The van der Waals surface area contributed by atoms with E-state index >= 15 is 0 Å². The van der Waals surface area contributed by atoms with Crippen LogP contribution in [0, 0.1) is 19.8 Å². The molecular formula is C21H19F2N5O2. The highest BCUT2D eigenvalue weighted by Gasteiger charge is 2.62. The van der Waals surface area contributed by atoms with E-state index in [0.29, 0.717) is 22.6 Å². The van der Waals surface area contributed by atoms with E-state index in [4.69, 9.17) is 4.84 Å². The van der Waals surface area contributed by atoms with E-state index in [-0.39, 0.29) is 18.2 Å². The summed E-state index contributed by atoms with van der Waals surface area (Å²) in [5.41, 5.74) is 6.98. The van der Waals surface area contributed by atoms with Gasteiger partial charge in [0.25, 0.3) is 11.8 Å². The number of carbonyl (C=O) groups is 1. The van der Waals surface area contributed by atoms with Gasteiger partial charge in [0.1, 0.15) is 17.3 Å². The van der Waals surface area contributed by atoms with Gasteiger partial charge in [-0.2, -0.15) is 0 Å². The number of fused-ring (bicyclic) bond motifs is 1. The maximum absolute atomic E-state index is 13.3. The second-order valence-electron chi connectivity index (χ2n) is 7.71. The number of nitrogens with one attached hydrogen (secondary N) is 2. The van der Waals surface area contributed by atoms with E-state index in [2.05, 4.69) is 20.8 Å². The van der Waals surface area contributed by atoms with Crippen molar-refractivity contribution in [2.24, 2.45) is 10.9 Å². The molecule has 0 bridgehead atoms. The Bertz CT molecular complexity index is 1200. The maximum Gasteiger partial charge on any atom is 0.274 e. The summed E-state index contributed by atoms with van der Waals surface area (Å²) >= 11 is 0. The van der Waals surface area contributed by atoms with Crippen LogP contribution in [0.5, 0.6) is 0 Å². The quantitative estimate of drug-likeness (QED) is 0.685. The highest BCUT2D eigenvalue weighted by Crippen LogP contribution is 2.50. The van der Waals surface area contributed by atoms with Crippen LogP contribution >= 0.6 is 0 Å². The third-order valence-corrected chi connectivity index (χ3v) is 5.38. The fourth-order valence-electron chi connectivity index (χ4n) is 3.46. The number of aliphatic imine (C=N–C) groups is 1. The number of hydroxylamine groups is 1. The van der Waals surface area contributed by atoms with E-state index in [1.165, 1.54) is 6.20 Å². The molecule has 1 saturated carbocycles. The molecule has 30 heavy (non-hydrogen) atoms. The first-order valence-electron chi connectivity index (χ1n) is 9.55. The molecule has 1 aliphatic heterocycles. The number of pyridine rings is 1. The van der Waals surface area contributed by atoms with E-state index < -0.39 is 18.0 Å². The van der Waals surface area contributed by atoms with Crippen molar-refractivity contribution in [2.45, 2.75) is 32.4 Å². The van der Waals surface area contributed by atoms with Gasteiger partial charge < -0.3 is 10.2 Å². The van der Waals surface area contributed by atoms with Gasteiger partial charge in [-0.05, 0) is 48.7 Å². The number of nitrogens with zero attached hydrogens (tertiary/aromatic N) is 3. The molecule has 2 aromatic heterocycles. The van der Waals surface area contributed by atoms with Crippen LogP contribution in [0.2, 0.25) is 0 Å². The third-order valence-electron chi connectivity index (χ3n) is 5.38. The normalized spacial score (nSPS) is 21.9. The monoisotopic (exact) mass is 411 g/mol. The van der Waals surface area contributed by atoms with Crippen LogP contribution in [0.1, 0.15) is 39.8 Å². The van der Waals surface area contributed by atoms with Gasteiger partial charge in [0.05, 0.1) is 6.20 Å². The molecule has 1 fully saturated rings. The number of aryl methyl sites for hydroxylation is 2. The Morgan fingerprint density at radius 1 is 1.30 bits per heavy atom. The molecule has 5 rings (SSSR count). The number of hydrogen-bond donors (Lipinski definition) is 2. The lowest BCUT2D eigenvalue weighted by molar-refractivity contribution is 0.1000. The Labute approximate surface area is 170 Å². The lowest BCUT2D eigenvalue weighted by Gasteiger charge is -2.12. The number of halogens is 2. The lowest BCUT2D eigenvalue weighted by Crippen LogP contribution is -2.17. The van der Waals surface area contributed by atoms with Crippen LogP contribution in [0.3, 0.4) is 0 Å². The second kappa shape index (κ2) is 6.60. The summed E-state index contributed by atoms with van der Waals surface area (Å²) in [6, 6.07) is 9.22. The van der Waals surface area contributed by atoms with Crippen LogP contribution in [-0.4, -0.2) is 27.1 Å². The van der Waals surface area contributed by atoms with Gasteiger partial charge in [0.15, 0.2) is 6.17 Å². The fraction of sp³-hybridized carbons (Fsp3) is 0.286. The van der Waals surface area contributed by atoms with E-state index in [9.17, 15) is 13.6 Å². The number of imidazole rings is 1. The molecule has 3 aromatic rings. The van der Waals surface area contributed by atoms with Crippen molar-refractivity contribution in [3.8, 4) is 0 Å². The van der Waals surface area contributed by atoms with Crippen molar-refractivity contribution in [1.82, 2.24) is 14.9 Å². The Morgan fingerprint density at radius 2 is 2.10 bits per heavy atom. The highest BCUT2D eigenvalue weighted by molar-refractivity contribution is 6.04. The number of rotatable bonds is 4. The summed E-state index contributed by atoms with van der Waals surface area (Å²) in [5, 5.41) is 2.91. The number of alkyl halides is 2. The molecule has 9 heteroatoms. The van der Waals surface area contributed by atoms with Gasteiger partial charge in [-0.15, -0.1) is 5.48 Å². The molecule has 2 aliphatic rings. The Morgan fingerprint density at radius 3 is 2.87 bits per heavy atom. The number of hydrogen-bond acceptors (Lipinski definition) is 5. The summed E-state index contributed by atoms with van der Waals surface area (Å²) in [6.07, 6.45) is 2.49. The molecule has 154 valence electrons. The number of benzene rings is 1. The summed E-state index contributed by atoms with van der Waals surface area (Å²) in [6.45, 7) is 3.83. The molecule has 1 aliphatic carbocycles. The van der Waals surface area contributed by atoms with Gasteiger partial charge >= 0.3 is 0 Å². The van der Waals surface area contributed by atoms with Crippen molar-refractivity contribution in [1.29, 1.82) is 0 Å². The van der Waals surface area contributed by atoms with Gasteiger partial charge in [-0.3, -0.25) is 9.20 Å². The molecule has 1 amide bonds.